The van der Waals surface area contributed by atoms with Crippen LogP contribution >= 0.6 is 11.6 Å². The van der Waals surface area contributed by atoms with Gasteiger partial charge in [0.15, 0.2) is 0 Å². The molecule has 2 aromatic heterocycles. The fraction of sp³-hybridized carbons (Fsp3) is 0.103. The SMILES string of the molecule is NC(=O)CC(C(=O)Nc1ccc2ncnc(Nc3ccc(OCc4cccc(F)c4)c(Cl)c3)c2c1)n1cc(C(=O)O)cn1. The Balaban J connectivity index is 1.34. The van der Waals surface area contributed by atoms with E-state index in [9.17, 15) is 23.9 Å². The van der Waals surface area contributed by atoms with Gasteiger partial charge in [0.25, 0.3) is 0 Å². The van der Waals surface area contributed by atoms with Crippen molar-refractivity contribution in [3.05, 3.63) is 101 Å². The molecule has 0 aliphatic rings. The molecule has 5 rings (SSSR count). The summed E-state index contributed by atoms with van der Waals surface area (Å²) in [5.41, 5.74) is 7.36. The number of benzene rings is 3. The van der Waals surface area contributed by atoms with E-state index in [1.54, 1.807) is 48.5 Å². The summed E-state index contributed by atoms with van der Waals surface area (Å²) in [7, 11) is 0. The lowest BCUT2D eigenvalue weighted by Gasteiger charge is -2.16. The number of ether oxygens (including phenoxy) is 1. The lowest BCUT2D eigenvalue weighted by Crippen LogP contribution is -2.30. The molecule has 0 spiro atoms. The molecule has 3 aromatic carbocycles. The maximum absolute atomic E-state index is 13.4. The molecule has 12 nitrogen and oxygen atoms in total. The number of aromatic nitrogens is 4. The molecule has 0 aliphatic heterocycles. The van der Waals surface area contributed by atoms with Crippen molar-refractivity contribution in [2.45, 2.75) is 19.1 Å². The van der Waals surface area contributed by atoms with E-state index in [1.807, 2.05) is 0 Å². The molecule has 14 heteroatoms. The fourth-order valence-corrected chi connectivity index (χ4v) is 4.43. The summed E-state index contributed by atoms with van der Waals surface area (Å²) in [6, 6.07) is 14.9. The highest BCUT2D eigenvalue weighted by atomic mass is 35.5. The second-order valence-electron chi connectivity index (χ2n) is 9.33. The molecule has 0 bridgehead atoms. The van der Waals surface area contributed by atoms with Crippen LogP contribution in [0.15, 0.2) is 79.4 Å². The maximum atomic E-state index is 13.4. The number of carboxylic acids is 1. The largest absolute Gasteiger partial charge is 0.487 e. The van der Waals surface area contributed by atoms with Gasteiger partial charge in [-0.1, -0.05) is 23.7 Å². The highest BCUT2D eigenvalue weighted by molar-refractivity contribution is 6.32. The first-order valence-electron chi connectivity index (χ1n) is 12.7. The first-order valence-corrected chi connectivity index (χ1v) is 13.1. The number of nitrogens with one attached hydrogen (secondary N) is 2. The van der Waals surface area contributed by atoms with E-state index < -0.39 is 30.2 Å². The number of rotatable bonds is 11. The number of carbonyl (C=O) groups is 3. The number of carboxylic acid groups (broad SMARTS) is 1. The number of primary amides is 1. The number of aromatic carboxylic acids is 1. The quantitative estimate of drug-likeness (QED) is 0.167. The second kappa shape index (κ2) is 12.5. The van der Waals surface area contributed by atoms with Crippen LogP contribution in [0.1, 0.15) is 28.4 Å². The molecule has 5 N–H and O–H groups in total. The molecule has 0 saturated heterocycles. The molecule has 0 fully saturated rings. The minimum Gasteiger partial charge on any atom is -0.487 e. The van der Waals surface area contributed by atoms with Crippen molar-refractivity contribution in [2.24, 2.45) is 5.73 Å². The Morgan fingerprint density at radius 3 is 2.60 bits per heavy atom. The third-order valence-electron chi connectivity index (χ3n) is 6.25. The van der Waals surface area contributed by atoms with E-state index in [-0.39, 0.29) is 18.0 Å². The number of nitrogens with zero attached hydrogens (tertiary/aromatic N) is 4. The summed E-state index contributed by atoms with van der Waals surface area (Å²) >= 11 is 6.44. The van der Waals surface area contributed by atoms with Crippen LogP contribution in [0, 0.1) is 5.82 Å². The second-order valence-corrected chi connectivity index (χ2v) is 9.74. The molecule has 2 amide bonds. The minimum absolute atomic E-state index is 0.136. The summed E-state index contributed by atoms with van der Waals surface area (Å²) in [6.07, 6.45) is 3.19. The van der Waals surface area contributed by atoms with Crippen LogP contribution < -0.4 is 21.1 Å². The van der Waals surface area contributed by atoms with Crippen LogP contribution in [-0.2, 0) is 16.2 Å². The van der Waals surface area contributed by atoms with Gasteiger partial charge in [-0.05, 0) is 54.1 Å². The van der Waals surface area contributed by atoms with Gasteiger partial charge in [0.2, 0.25) is 11.8 Å². The molecule has 2 heterocycles. The Bertz CT molecular complexity index is 1850. The number of carbonyl (C=O) groups excluding carboxylic acids is 2. The van der Waals surface area contributed by atoms with E-state index in [0.717, 1.165) is 17.1 Å². The third kappa shape index (κ3) is 7.02. The number of amides is 2. The standard InChI is InChI=1S/C29H23ClFN7O5/c30-22-10-20(5-7-25(22)43-14-16-2-1-3-18(31)8-16)36-27-21-9-19(4-6-23(21)33-15-34-27)37-28(40)24(11-26(32)39)38-13-17(12-35-38)29(41)42/h1-10,12-13,15,24H,11,14H2,(H2,32,39)(H,37,40)(H,41,42)(H,33,34,36). The van der Waals surface area contributed by atoms with Crippen molar-refractivity contribution >= 4 is 57.5 Å². The van der Waals surface area contributed by atoms with Crippen molar-refractivity contribution in [3.63, 3.8) is 0 Å². The number of fused-ring (bicyclic) bond motifs is 1. The first-order chi connectivity index (χ1) is 20.7. The number of anilines is 3. The summed E-state index contributed by atoms with van der Waals surface area (Å²) in [6.45, 7) is 0.136. The van der Waals surface area contributed by atoms with Gasteiger partial charge in [-0.25, -0.2) is 19.2 Å². The minimum atomic E-state index is -1.23. The normalized spacial score (nSPS) is 11.6. The molecular weight excluding hydrogens is 581 g/mol. The summed E-state index contributed by atoms with van der Waals surface area (Å²) in [4.78, 5) is 44.7. The molecular formula is C29H23ClFN7O5. The zero-order valence-electron chi connectivity index (χ0n) is 22.2. The Morgan fingerprint density at radius 2 is 1.88 bits per heavy atom. The molecule has 1 atom stereocenters. The number of nitrogens with two attached hydrogens (primary N) is 1. The molecule has 43 heavy (non-hydrogen) atoms. The van der Waals surface area contributed by atoms with Gasteiger partial charge in [-0.15, -0.1) is 0 Å². The summed E-state index contributed by atoms with van der Waals surface area (Å²) in [5.74, 6) is -2.17. The van der Waals surface area contributed by atoms with E-state index >= 15 is 0 Å². The average Bonchev–Trinajstić information content (AvgIpc) is 3.46. The van der Waals surface area contributed by atoms with Gasteiger partial charge in [0, 0.05) is 23.0 Å². The van der Waals surface area contributed by atoms with Gasteiger partial charge < -0.3 is 26.2 Å². The predicted octanol–water partition coefficient (Wildman–Crippen LogP) is 4.69. The van der Waals surface area contributed by atoms with E-state index in [4.69, 9.17) is 22.1 Å². The van der Waals surface area contributed by atoms with Gasteiger partial charge in [0.1, 0.15) is 36.4 Å². The lowest BCUT2D eigenvalue weighted by atomic mass is 10.1. The summed E-state index contributed by atoms with van der Waals surface area (Å²) < 4.78 is 20.3. The van der Waals surface area contributed by atoms with Crippen LogP contribution in [0.2, 0.25) is 5.02 Å². The third-order valence-corrected chi connectivity index (χ3v) is 6.54. The zero-order chi connectivity index (χ0) is 30.5. The van der Waals surface area contributed by atoms with Crippen LogP contribution in [0.4, 0.5) is 21.6 Å². The highest BCUT2D eigenvalue weighted by Gasteiger charge is 2.25. The van der Waals surface area contributed by atoms with Crippen molar-refractivity contribution in [1.29, 1.82) is 0 Å². The Labute approximate surface area is 248 Å². The Hall–Kier alpha value is -5.56. The predicted molar refractivity (Wildman–Crippen MR) is 156 cm³/mol. The van der Waals surface area contributed by atoms with Crippen molar-refractivity contribution < 1.29 is 28.6 Å². The molecule has 218 valence electrons. The highest BCUT2D eigenvalue weighted by Crippen LogP contribution is 2.32. The van der Waals surface area contributed by atoms with Gasteiger partial charge in [-0.3, -0.25) is 14.3 Å². The van der Waals surface area contributed by atoms with Crippen molar-refractivity contribution in [2.75, 3.05) is 10.6 Å². The maximum Gasteiger partial charge on any atom is 0.338 e. The molecule has 0 aliphatic carbocycles. The number of halogens is 2. The number of hydrogen-bond donors (Lipinski definition) is 4. The van der Waals surface area contributed by atoms with Crippen molar-refractivity contribution in [1.82, 2.24) is 19.7 Å². The smallest absolute Gasteiger partial charge is 0.338 e. The topological polar surface area (TPSA) is 174 Å². The van der Waals surface area contributed by atoms with Crippen LogP contribution in [0.25, 0.3) is 10.9 Å². The number of hydrogen-bond acceptors (Lipinski definition) is 8. The van der Waals surface area contributed by atoms with Crippen molar-refractivity contribution in [3.8, 4) is 5.75 Å². The summed E-state index contributed by atoms with van der Waals surface area (Å²) in [5, 5.41) is 19.9. The monoisotopic (exact) mass is 603 g/mol. The molecule has 0 saturated carbocycles. The molecule has 1 unspecified atom stereocenters. The van der Waals surface area contributed by atoms with Crippen LogP contribution in [0.3, 0.4) is 0 Å². The lowest BCUT2D eigenvalue weighted by molar-refractivity contribution is -0.125. The van der Waals surface area contributed by atoms with E-state index in [1.165, 1.54) is 18.5 Å². The Kier molecular flexibility index (Phi) is 8.44. The van der Waals surface area contributed by atoms with Gasteiger partial charge in [0.05, 0.1) is 28.7 Å². The van der Waals surface area contributed by atoms with E-state index in [2.05, 4.69) is 25.7 Å². The van der Waals surface area contributed by atoms with Gasteiger partial charge >= 0.3 is 5.97 Å². The average molecular weight is 604 g/mol. The van der Waals surface area contributed by atoms with Gasteiger partial charge in [-0.2, -0.15) is 5.10 Å². The van der Waals surface area contributed by atoms with E-state index in [0.29, 0.717) is 44.4 Å². The Morgan fingerprint density at radius 1 is 1.07 bits per heavy atom. The van der Waals surface area contributed by atoms with Crippen LogP contribution in [0.5, 0.6) is 5.75 Å². The fourth-order valence-electron chi connectivity index (χ4n) is 4.20. The zero-order valence-corrected chi connectivity index (χ0v) is 23.0. The molecule has 0 radical (unpaired) electrons. The van der Waals surface area contributed by atoms with Crippen LogP contribution in [-0.4, -0.2) is 42.6 Å². The first kappa shape index (κ1) is 29.0. The molecule has 5 aromatic rings.